The predicted molar refractivity (Wildman–Crippen MR) is 90.4 cm³/mol. The van der Waals surface area contributed by atoms with E-state index in [1.165, 1.54) is 18.6 Å². The minimum atomic E-state index is -0.511. The topological polar surface area (TPSA) is 59.9 Å². The molecule has 0 aliphatic heterocycles. The van der Waals surface area contributed by atoms with Crippen molar-refractivity contribution in [3.05, 3.63) is 66.5 Å². The monoisotopic (exact) mass is 324 g/mol. The Hall–Kier alpha value is -3.02. The normalized spacial score (nSPS) is 10.4. The highest BCUT2D eigenvalue weighted by atomic mass is 19.1. The first-order chi connectivity index (χ1) is 11.8. The highest BCUT2D eigenvalue weighted by Gasteiger charge is 2.04. The minimum absolute atomic E-state index is 0.511. The van der Waals surface area contributed by atoms with Crippen molar-refractivity contribution in [1.29, 1.82) is 0 Å². The Morgan fingerprint density at radius 1 is 1.08 bits per heavy atom. The molecule has 0 saturated heterocycles. The number of nitrogens with zero attached hydrogens (tertiary/aromatic N) is 3. The summed E-state index contributed by atoms with van der Waals surface area (Å²) in [6, 6.07) is 12.7. The molecule has 0 aliphatic carbocycles. The van der Waals surface area contributed by atoms with Gasteiger partial charge in [0.15, 0.2) is 0 Å². The van der Waals surface area contributed by atoms with Crippen molar-refractivity contribution in [2.24, 2.45) is 0 Å². The Morgan fingerprint density at radius 2 is 1.96 bits per heavy atom. The van der Waals surface area contributed by atoms with Crippen LogP contribution in [0.1, 0.15) is 5.56 Å². The van der Waals surface area contributed by atoms with Crippen LogP contribution in [-0.2, 0) is 6.42 Å². The van der Waals surface area contributed by atoms with E-state index >= 15 is 0 Å². The van der Waals surface area contributed by atoms with E-state index in [4.69, 9.17) is 4.74 Å². The third kappa shape index (κ3) is 3.84. The summed E-state index contributed by atoms with van der Waals surface area (Å²) in [5.74, 6) is 1.07. The number of rotatable bonds is 6. The lowest BCUT2D eigenvalue weighted by molar-refractivity contribution is 0.410. The number of aromatic nitrogens is 3. The second-order valence-electron chi connectivity index (χ2n) is 5.15. The zero-order valence-electron chi connectivity index (χ0n) is 13.2. The van der Waals surface area contributed by atoms with Crippen molar-refractivity contribution < 1.29 is 9.13 Å². The molecule has 5 nitrogen and oxygen atoms in total. The van der Waals surface area contributed by atoms with Crippen molar-refractivity contribution in [3.63, 3.8) is 0 Å². The van der Waals surface area contributed by atoms with E-state index in [1.54, 1.807) is 13.2 Å². The number of pyridine rings is 1. The van der Waals surface area contributed by atoms with E-state index in [9.17, 15) is 4.39 Å². The maximum Gasteiger partial charge on any atom is 0.212 e. The zero-order valence-corrected chi connectivity index (χ0v) is 13.2. The number of anilines is 1. The fourth-order valence-corrected chi connectivity index (χ4v) is 2.37. The van der Waals surface area contributed by atoms with Gasteiger partial charge in [0.05, 0.1) is 12.8 Å². The summed E-state index contributed by atoms with van der Waals surface area (Å²) in [5, 5.41) is 3.26. The molecule has 0 radical (unpaired) electrons. The standard InChI is InChI=1S/C18H17FN4O/c1-24-16-5-3-2-4-13(16)8-9-20-18-10-15(22-12-23-18)14-6-7-17(19)21-11-14/h2-7,10-12H,8-9H2,1H3,(H,20,22,23). The van der Waals surface area contributed by atoms with E-state index in [-0.39, 0.29) is 0 Å². The van der Waals surface area contributed by atoms with Gasteiger partial charge in [-0.3, -0.25) is 0 Å². The van der Waals surface area contributed by atoms with Crippen molar-refractivity contribution in [2.75, 3.05) is 19.0 Å². The summed E-state index contributed by atoms with van der Waals surface area (Å²) in [4.78, 5) is 12.1. The first-order valence-corrected chi connectivity index (χ1v) is 7.56. The molecule has 3 aromatic rings. The zero-order chi connectivity index (χ0) is 16.8. The molecular formula is C18H17FN4O. The Morgan fingerprint density at radius 3 is 2.75 bits per heavy atom. The summed E-state index contributed by atoms with van der Waals surface area (Å²) in [6.07, 6.45) is 3.74. The SMILES string of the molecule is COc1ccccc1CCNc1cc(-c2ccc(F)nc2)ncn1. The van der Waals surface area contributed by atoms with Gasteiger partial charge >= 0.3 is 0 Å². The maximum absolute atomic E-state index is 12.9. The average molecular weight is 324 g/mol. The van der Waals surface area contributed by atoms with E-state index in [1.807, 2.05) is 30.3 Å². The number of halogens is 1. The van der Waals surface area contributed by atoms with E-state index in [0.717, 1.165) is 23.3 Å². The molecular weight excluding hydrogens is 307 g/mol. The fourth-order valence-electron chi connectivity index (χ4n) is 2.37. The number of hydrogen-bond acceptors (Lipinski definition) is 5. The lowest BCUT2D eigenvalue weighted by Crippen LogP contribution is -2.07. The van der Waals surface area contributed by atoms with Crippen LogP contribution in [0.4, 0.5) is 10.2 Å². The number of para-hydroxylation sites is 1. The largest absolute Gasteiger partial charge is 0.496 e. The number of methoxy groups -OCH3 is 1. The van der Waals surface area contributed by atoms with Crippen LogP contribution < -0.4 is 10.1 Å². The van der Waals surface area contributed by atoms with Gasteiger partial charge in [0, 0.05) is 24.4 Å². The van der Waals surface area contributed by atoms with Gasteiger partial charge in [-0.05, 0) is 30.2 Å². The number of nitrogens with one attached hydrogen (secondary N) is 1. The lowest BCUT2D eigenvalue weighted by Gasteiger charge is -2.10. The molecule has 0 atom stereocenters. The van der Waals surface area contributed by atoms with E-state index < -0.39 is 5.95 Å². The number of benzene rings is 1. The molecule has 0 saturated carbocycles. The molecule has 122 valence electrons. The highest BCUT2D eigenvalue weighted by molar-refractivity contribution is 5.60. The second kappa shape index (κ2) is 7.50. The van der Waals surface area contributed by atoms with Gasteiger partial charge in [-0.2, -0.15) is 4.39 Å². The first kappa shape index (κ1) is 15.9. The Kier molecular flexibility index (Phi) is 4.96. The van der Waals surface area contributed by atoms with Crippen LogP contribution in [0.5, 0.6) is 5.75 Å². The first-order valence-electron chi connectivity index (χ1n) is 7.56. The molecule has 0 amide bonds. The van der Waals surface area contributed by atoms with Gasteiger partial charge in [0.1, 0.15) is 17.9 Å². The average Bonchev–Trinajstić information content (AvgIpc) is 2.63. The molecule has 0 aliphatic rings. The molecule has 3 rings (SSSR count). The summed E-state index contributed by atoms with van der Waals surface area (Å²) < 4.78 is 18.2. The van der Waals surface area contributed by atoms with Crippen LogP contribution in [0.15, 0.2) is 55.0 Å². The predicted octanol–water partition coefficient (Wildman–Crippen LogP) is 3.34. The third-order valence-electron chi connectivity index (χ3n) is 3.58. The van der Waals surface area contributed by atoms with E-state index in [0.29, 0.717) is 18.1 Å². The second-order valence-corrected chi connectivity index (χ2v) is 5.15. The Balaban J connectivity index is 1.66. The molecule has 2 heterocycles. The summed E-state index contributed by atoms with van der Waals surface area (Å²) in [5.41, 5.74) is 2.56. The molecule has 1 aromatic carbocycles. The van der Waals surface area contributed by atoms with Crippen molar-refractivity contribution >= 4 is 5.82 Å². The number of hydrogen-bond donors (Lipinski definition) is 1. The van der Waals surface area contributed by atoms with Crippen LogP contribution in [0.25, 0.3) is 11.3 Å². The lowest BCUT2D eigenvalue weighted by atomic mass is 10.1. The van der Waals surface area contributed by atoms with Crippen molar-refractivity contribution in [2.45, 2.75) is 6.42 Å². The van der Waals surface area contributed by atoms with Gasteiger partial charge in [0.2, 0.25) is 5.95 Å². The summed E-state index contributed by atoms with van der Waals surface area (Å²) in [6.45, 7) is 0.707. The molecule has 6 heteroatoms. The Labute approximate surface area is 139 Å². The molecule has 0 fully saturated rings. The van der Waals surface area contributed by atoms with E-state index in [2.05, 4.69) is 20.3 Å². The van der Waals surface area contributed by atoms with Crippen molar-refractivity contribution in [3.8, 4) is 17.0 Å². The maximum atomic E-state index is 12.9. The van der Waals surface area contributed by atoms with Crippen LogP contribution >= 0.6 is 0 Å². The van der Waals surface area contributed by atoms with Crippen LogP contribution in [0.3, 0.4) is 0 Å². The smallest absolute Gasteiger partial charge is 0.212 e. The summed E-state index contributed by atoms with van der Waals surface area (Å²) in [7, 11) is 1.67. The molecule has 0 unspecified atom stereocenters. The molecule has 0 bridgehead atoms. The van der Waals surface area contributed by atoms with Crippen LogP contribution in [0.2, 0.25) is 0 Å². The van der Waals surface area contributed by atoms with Gasteiger partial charge in [-0.1, -0.05) is 18.2 Å². The van der Waals surface area contributed by atoms with Gasteiger partial charge < -0.3 is 10.1 Å². The molecule has 2 aromatic heterocycles. The quantitative estimate of drug-likeness (QED) is 0.705. The van der Waals surface area contributed by atoms with Gasteiger partial charge in [0.25, 0.3) is 0 Å². The molecule has 1 N–H and O–H groups in total. The fraction of sp³-hybridized carbons (Fsp3) is 0.167. The third-order valence-corrected chi connectivity index (χ3v) is 3.58. The van der Waals surface area contributed by atoms with Crippen LogP contribution in [-0.4, -0.2) is 28.6 Å². The highest BCUT2D eigenvalue weighted by Crippen LogP contribution is 2.19. The Bertz CT molecular complexity index is 808. The van der Waals surface area contributed by atoms with Crippen LogP contribution in [0, 0.1) is 5.95 Å². The number of ether oxygens (including phenoxy) is 1. The summed E-state index contributed by atoms with van der Waals surface area (Å²) >= 11 is 0. The van der Waals surface area contributed by atoms with Gasteiger partial charge in [-0.15, -0.1) is 0 Å². The molecule has 24 heavy (non-hydrogen) atoms. The van der Waals surface area contributed by atoms with Crippen molar-refractivity contribution in [1.82, 2.24) is 15.0 Å². The van der Waals surface area contributed by atoms with Gasteiger partial charge in [-0.25, -0.2) is 15.0 Å². The minimum Gasteiger partial charge on any atom is -0.496 e. The molecule has 0 spiro atoms.